The molecule has 3 aliphatic rings. The monoisotopic (exact) mass is 656 g/mol. The number of nitrogen functional groups attached to an aromatic ring is 1. The lowest BCUT2D eigenvalue weighted by Gasteiger charge is -2.34. The molecule has 0 bridgehead atoms. The standard InChI is InChI=1S/C32H38N10O2S.C2H6/c1-3-6-25-26(22(14-34)29(35)45-25)20-8-4-9-21-27(39-44-28(20)21)30-37-31(41-12-10-24(43)18(13-33)16-41)23-15-36-42(32(23)38-30)17-19-7-5-11-40(19)2;1-2/h15,18-20,24,43H,3-12,16-17,35H2,1-2H3;1-2H3. The van der Waals surface area contributed by atoms with Crippen molar-refractivity contribution in [2.75, 3.05) is 37.3 Å². The van der Waals surface area contributed by atoms with Crippen molar-refractivity contribution >= 4 is 33.2 Å². The van der Waals surface area contributed by atoms with Gasteiger partial charge in [0.15, 0.2) is 17.2 Å². The second-order valence-electron chi connectivity index (χ2n) is 12.6. The van der Waals surface area contributed by atoms with E-state index in [4.69, 9.17) is 25.3 Å². The first kappa shape index (κ1) is 32.9. The van der Waals surface area contributed by atoms with E-state index in [0.717, 1.165) is 84.3 Å². The molecule has 4 aromatic rings. The van der Waals surface area contributed by atoms with Gasteiger partial charge in [0, 0.05) is 35.5 Å². The molecule has 0 saturated carbocycles. The zero-order valence-corrected chi connectivity index (χ0v) is 28.6. The molecule has 2 aliphatic heterocycles. The fourth-order valence-corrected chi connectivity index (χ4v) is 8.58. The molecule has 248 valence electrons. The Labute approximate surface area is 279 Å². The van der Waals surface area contributed by atoms with Crippen molar-refractivity contribution in [3.8, 4) is 23.7 Å². The Morgan fingerprint density at radius 3 is 2.70 bits per heavy atom. The summed E-state index contributed by atoms with van der Waals surface area (Å²) in [4.78, 5) is 15.7. The topological polar surface area (TPSA) is 170 Å². The van der Waals surface area contributed by atoms with E-state index in [0.29, 0.717) is 60.0 Å². The molecule has 2 fully saturated rings. The number of fused-ring (bicyclic) bond motifs is 2. The minimum Gasteiger partial charge on any atom is -0.392 e. The Morgan fingerprint density at radius 1 is 1.15 bits per heavy atom. The van der Waals surface area contributed by atoms with E-state index in [1.54, 1.807) is 0 Å². The molecule has 4 atom stereocenters. The van der Waals surface area contributed by atoms with Crippen LogP contribution in [0.5, 0.6) is 0 Å². The lowest BCUT2D eigenvalue weighted by atomic mass is 9.81. The smallest absolute Gasteiger partial charge is 0.186 e. The average molecular weight is 657 g/mol. The molecule has 0 aromatic carbocycles. The van der Waals surface area contributed by atoms with Crippen molar-refractivity contribution in [3.63, 3.8) is 0 Å². The summed E-state index contributed by atoms with van der Waals surface area (Å²) in [6.07, 6.45) is 8.25. The van der Waals surface area contributed by atoms with Crippen LogP contribution in [0.4, 0.5) is 10.8 Å². The fourth-order valence-electron chi connectivity index (χ4n) is 7.40. The minimum absolute atomic E-state index is 0.105. The molecule has 4 unspecified atom stereocenters. The van der Waals surface area contributed by atoms with Gasteiger partial charge in [0.2, 0.25) is 0 Å². The largest absolute Gasteiger partial charge is 0.392 e. The molecule has 12 nitrogen and oxygen atoms in total. The van der Waals surface area contributed by atoms with Gasteiger partial charge in [-0.25, -0.2) is 14.6 Å². The van der Waals surface area contributed by atoms with Crippen LogP contribution >= 0.6 is 11.3 Å². The Balaban J connectivity index is 0.00000190. The zero-order valence-electron chi connectivity index (χ0n) is 27.7. The minimum atomic E-state index is -0.662. The van der Waals surface area contributed by atoms with Gasteiger partial charge < -0.3 is 25.2 Å². The van der Waals surface area contributed by atoms with Gasteiger partial charge in [0.05, 0.1) is 41.8 Å². The summed E-state index contributed by atoms with van der Waals surface area (Å²) in [7, 11) is 2.15. The van der Waals surface area contributed by atoms with Gasteiger partial charge in [0.1, 0.15) is 22.6 Å². The third-order valence-electron chi connectivity index (χ3n) is 9.83. The number of aromatic nitrogens is 5. The fraction of sp³-hybridized carbons (Fsp3) is 0.588. The molecule has 3 N–H and O–H groups in total. The van der Waals surface area contributed by atoms with E-state index in [1.165, 1.54) is 11.3 Å². The first-order valence-electron chi connectivity index (χ1n) is 17.0. The van der Waals surface area contributed by atoms with Crippen molar-refractivity contribution in [2.45, 2.75) is 96.7 Å². The SMILES string of the molecule is CC.CCCc1sc(N)c(C#N)c1C1CCCc2c(-c3nc(N4CCC(O)C(C#N)C4)c4cnn(CC5CCCN5C)c4n3)noc21. The summed E-state index contributed by atoms with van der Waals surface area (Å²) in [5, 5.41) is 40.9. The number of aryl methyl sites for hydroxylation is 1. The number of nitriles is 2. The lowest BCUT2D eigenvalue weighted by molar-refractivity contribution is 0.113. The van der Waals surface area contributed by atoms with Gasteiger partial charge >= 0.3 is 0 Å². The van der Waals surface area contributed by atoms with Crippen molar-refractivity contribution in [1.82, 2.24) is 29.8 Å². The van der Waals surface area contributed by atoms with Crippen LogP contribution in [0.15, 0.2) is 10.7 Å². The highest BCUT2D eigenvalue weighted by Gasteiger charge is 2.36. The highest BCUT2D eigenvalue weighted by molar-refractivity contribution is 7.16. The highest BCUT2D eigenvalue weighted by atomic mass is 32.1. The third-order valence-corrected chi connectivity index (χ3v) is 10.9. The van der Waals surface area contributed by atoms with Gasteiger partial charge in [0.25, 0.3) is 0 Å². The van der Waals surface area contributed by atoms with Crippen LogP contribution in [-0.4, -0.2) is 73.7 Å². The molecule has 1 aliphatic carbocycles. The number of piperidine rings is 1. The van der Waals surface area contributed by atoms with Crippen LogP contribution in [0, 0.1) is 28.6 Å². The molecular formula is C34H44N10O2S. The Morgan fingerprint density at radius 2 is 1.98 bits per heavy atom. The Bertz CT molecular complexity index is 1810. The number of aliphatic hydroxyl groups excluding tert-OH is 1. The number of likely N-dealkylation sites (tertiary alicyclic amines) is 1. The summed E-state index contributed by atoms with van der Waals surface area (Å²) < 4.78 is 8.10. The van der Waals surface area contributed by atoms with Gasteiger partial charge in [-0.1, -0.05) is 32.3 Å². The van der Waals surface area contributed by atoms with E-state index >= 15 is 0 Å². The second-order valence-corrected chi connectivity index (χ2v) is 13.7. The Hall–Kier alpha value is -4.04. The summed E-state index contributed by atoms with van der Waals surface area (Å²) in [6, 6.07) is 5.00. The van der Waals surface area contributed by atoms with Crippen LogP contribution in [-0.2, 0) is 19.4 Å². The Kier molecular flexibility index (Phi) is 9.78. The average Bonchev–Trinajstić information content (AvgIpc) is 3.88. The number of hydrogen-bond acceptors (Lipinski definition) is 12. The molecule has 0 amide bonds. The maximum atomic E-state index is 10.4. The number of hydrogen-bond donors (Lipinski definition) is 2. The van der Waals surface area contributed by atoms with E-state index in [-0.39, 0.29) is 5.92 Å². The van der Waals surface area contributed by atoms with Crippen LogP contribution in [0.3, 0.4) is 0 Å². The number of rotatable bonds is 7. The van der Waals surface area contributed by atoms with Crippen LogP contribution < -0.4 is 10.6 Å². The van der Waals surface area contributed by atoms with Crippen LogP contribution in [0.2, 0.25) is 0 Å². The number of likely N-dealkylation sites (N-methyl/N-ethyl adjacent to an activating group) is 1. The van der Waals surface area contributed by atoms with E-state index in [1.807, 2.05) is 24.7 Å². The molecule has 13 heteroatoms. The lowest BCUT2D eigenvalue weighted by Crippen LogP contribution is -2.43. The number of nitrogens with zero attached hydrogens (tertiary/aromatic N) is 9. The van der Waals surface area contributed by atoms with Gasteiger partial charge in [-0.3, -0.25) is 0 Å². The normalized spacial score (nSPS) is 22.8. The predicted octanol–water partition coefficient (Wildman–Crippen LogP) is 5.25. The zero-order chi connectivity index (χ0) is 33.2. The number of thiophene rings is 1. The first-order valence-corrected chi connectivity index (χ1v) is 17.8. The third kappa shape index (κ3) is 5.97. The first-order chi connectivity index (χ1) is 22.9. The van der Waals surface area contributed by atoms with Crippen molar-refractivity contribution < 1.29 is 9.63 Å². The molecule has 0 radical (unpaired) electrons. The summed E-state index contributed by atoms with van der Waals surface area (Å²) in [5.41, 5.74) is 10.2. The van der Waals surface area contributed by atoms with E-state index < -0.39 is 12.0 Å². The highest BCUT2D eigenvalue weighted by Crippen LogP contribution is 2.46. The quantitative estimate of drug-likeness (QED) is 0.266. The van der Waals surface area contributed by atoms with Crippen LogP contribution in [0.1, 0.15) is 92.5 Å². The number of nitrogens with two attached hydrogens (primary N) is 1. The van der Waals surface area contributed by atoms with Crippen LogP contribution in [0.25, 0.3) is 22.6 Å². The summed E-state index contributed by atoms with van der Waals surface area (Å²) in [6.45, 7) is 8.85. The van der Waals surface area contributed by atoms with Gasteiger partial charge in [-0.2, -0.15) is 15.6 Å². The predicted molar refractivity (Wildman–Crippen MR) is 182 cm³/mol. The van der Waals surface area contributed by atoms with Gasteiger partial charge in [-0.05, 0) is 64.1 Å². The summed E-state index contributed by atoms with van der Waals surface area (Å²) >= 11 is 1.51. The van der Waals surface area contributed by atoms with Gasteiger partial charge in [-0.15, -0.1) is 11.3 Å². The second kappa shape index (κ2) is 14.0. The molecule has 4 aromatic heterocycles. The molecule has 7 rings (SSSR count). The molecular weight excluding hydrogens is 613 g/mol. The molecule has 0 spiro atoms. The van der Waals surface area contributed by atoms with E-state index in [9.17, 15) is 15.6 Å². The summed E-state index contributed by atoms with van der Waals surface area (Å²) in [5.74, 6) is 1.30. The van der Waals surface area contributed by atoms with E-state index in [2.05, 4.69) is 41.1 Å². The molecule has 47 heavy (non-hydrogen) atoms. The van der Waals surface area contributed by atoms with Crippen molar-refractivity contribution in [3.05, 3.63) is 33.5 Å². The number of anilines is 2. The van der Waals surface area contributed by atoms with Crippen molar-refractivity contribution in [2.24, 2.45) is 5.92 Å². The maximum absolute atomic E-state index is 10.4. The molecule has 6 heterocycles. The van der Waals surface area contributed by atoms with Crippen molar-refractivity contribution in [1.29, 1.82) is 10.5 Å². The maximum Gasteiger partial charge on any atom is 0.186 e. The molecule has 2 saturated heterocycles. The number of aliphatic hydroxyl groups is 1.